The lowest BCUT2D eigenvalue weighted by atomic mass is 9.87. The van der Waals surface area contributed by atoms with Crippen LogP contribution in [0.25, 0.3) is 0 Å². The van der Waals surface area contributed by atoms with Gasteiger partial charge in [-0.2, -0.15) is 0 Å². The molecule has 0 radical (unpaired) electrons. The minimum atomic E-state index is 0.477. The van der Waals surface area contributed by atoms with E-state index in [0.717, 1.165) is 5.92 Å². The van der Waals surface area contributed by atoms with E-state index in [1.165, 1.54) is 35.0 Å². The molecule has 1 N–H and O–H groups in total. The van der Waals surface area contributed by atoms with Crippen molar-refractivity contribution in [2.75, 3.05) is 0 Å². The van der Waals surface area contributed by atoms with Crippen molar-refractivity contribution in [3.05, 3.63) is 20.8 Å². The summed E-state index contributed by atoms with van der Waals surface area (Å²) in [6.07, 6.45) is 5.48. The van der Waals surface area contributed by atoms with Crippen LogP contribution in [0.3, 0.4) is 0 Å². The molecule has 0 bridgehead atoms. The van der Waals surface area contributed by atoms with Crippen LogP contribution >= 0.6 is 27.3 Å². The summed E-state index contributed by atoms with van der Waals surface area (Å²) in [5.41, 5.74) is 0. The van der Waals surface area contributed by atoms with E-state index in [2.05, 4.69) is 46.5 Å². The first-order valence-electron chi connectivity index (χ1n) is 6.15. The topological polar surface area (TPSA) is 12.0 Å². The second-order valence-electron chi connectivity index (χ2n) is 4.99. The van der Waals surface area contributed by atoms with Gasteiger partial charge in [0.15, 0.2) is 0 Å². The molecule has 90 valence electrons. The van der Waals surface area contributed by atoms with Gasteiger partial charge in [-0.05, 0) is 53.1 Å². The van der Waals surface area contributed by atoms with E-state index in [-0.39, 0.29) is 0 Å². The molecule has 1 aliphatic carbocycles. The maximum atomic E-state index is 3.77. The molecule has 0 amide bonds. The van der Waals surface area contributed by atoms with Gasteiger partial charge in [0.05, 0.1) is 0 Å². The van der Waals surface area contributed by atoms with Crippen LogP contribution in [0.2, 0.25) is 0 Å². The molecule has 3 unspecified atom stereocenters. The summed E-state index contributed by atoms with van der Waals surface area (Å²) in [6.45, 7) is 4.65. The maximum absolute atomic E-state index is 3.77. The van der Waals surface area contributed by atoms with E-state index in [1.54, 1.807) is 0 Å². The lowest BCUT2D eigenvalue weighted by molar-refractivity contribution is 0.286. The molecule has 2 rings (SSSR count). The maximum Gasteiger partial charge on any atom is 0.0399 e. The monoisotopic (exact) mass is 301 g/mol. The van der Waals surface area contributed by atoms with E-state index < -0.39 is 0 Å². The highest BCUT2D eigenvalue weighted by molar-refractivity contribution is 9.10. The largest absolute Gasteiger partial charge is 0.307 e. The number of hydrogen-bond donors (Lipinski definition) is 1. The van der Waals surface area contributed by atoms with Crippen LogP contribution in [0, 0.1) is 5.92 Å². The van der Waals surface area contributed by atoms with E-state index >= 15 is 0 Å². The third-order valence-corrected chi connectivity index (χ3v) is 5.51. The summed E-state index contributed by atoms with van der Waals surface area (Å²) in [7, 11) is 0. The van der Waals surface area contributed by atoms with Gasteiger partial charge in [-0.25, -0.2) is 0 Å². The van der Waals surface area contributed by atoms with E-state index in [1.807, 2.05) is 11.3 Å². The molecule has 3 heteroatoms. The average molecular weight is 302 g/mol. The average Bonchev–Trinajstić information content (AvgIpc) is 2.64. The Morgan fingerprint density at radius 3 is 2.94 bits per heavy atom. The molecule has 1 aliphatic rings. The van der Waals surface area contributed by atoms with Gasteiger partial charge in [0, 0.05) is 21.4 Å². The van der Waals surface area contributed by atoms with E-state index in [0.29, 0.717) is 12.1 Å². The molecule has 1 fully saturated rings. The molecule has 16 heavy (non-hydrogen) atoms. The number of rotatable bonds is 3. The molecule has 1 nitrogen and oxygen atoms in total. The van der Waals surface area contributed by atoms with Crippen molar-refractivity contribution in [3.63, 3.8) is 0 Å². The first kappa shape index (κ1) is 12.6. The highest BCUT2D eigenvalue weighted by Gasteiger charge is 2.21. The zero-order valence-electron chi connectivity index (χ0n) is 10.0. The van der Waals surface area contributed by atoms with Crippen molar-refractivity contribution in [1.29, 1.82) is 0 Å². The van der Waals surface area contributed by atoms with Crippen LogP contribution in [-0.4, -0.2) is 6.04 Å². The lowest BCUT2D eigenvalue weighted by Gasteiger charge is -2.30. The Kier molecular flexibility index (Phi) is 4.45. The Hall–Kier alpha value is 0.140. The molecule has 3 atom stereocenters. The molecule has 1 aromatic heterocycles. The Balaban J connectivity index is 1.92. The second-order valence-corrected chi connectivity index (χ2v) is 6.79. The molecular formula is C13H20BrNS. The minimum Gasteiger partial charge on any atom is -0.307 e. The normalized spacial score (nSPS) is 27.9. The summed E-state index contributed by atoms with van der Waals surface area (Å²) in [6, 6.07) is 3.33. The number of halogens is 1. The number of nitrogens with one attached hydrogen (secondary N) is 1. The zero-order valence-corrected chi connectivity index (χ0v) is 12.4. The smallest absolute Gasteiger partial charge is 0.0399 e. The van der Waals surface area contributed by atoms with Crippen LogP contribution in [0.1, 0.15) is 50.4 Å². The fourth-order valence-electron chi connectivity index (χ4n) is 2.63. The number of thiophene rings is 1. The number of hydrogen-bond acceptors (Lipinski definition) is 2. The lowest BCUT2D eigenvalue weighted by Crippen LogP contribution is -2.35. The summed E-state index contributed by atoms with van der Waals surface area (Å²) >= 11 is 5.45. The first-order valence-corrected chi connectivity index (χ1v) is 7.83. The highest BCUT2D eigenvalue weighted by atomic mass is 79.9. The van der Waals surface area contributed by atoms with Gasteiger partial charge in [-0.3, -0.25) is 0 Å². The van der Waals surface area contributed by atoms with Gasteiger partial charge >= 0.3 is 0 Å². The Morgan fingerprint density at radius 2 is 2.31 bits per heavy atom. The van der Waals surface area contributed by atoms with Gasteiger partial charge < -0.3 is 5.32 Å². The fourth-order valence-corrected chi connectivity index (χ4v) is 4.36. The second kappa shape index (κ2) is 5.65. The van der Waals surface area contributed by atoms with Crippen LogP contribution in [-0.2, 0) is 0 Å². The Labute approximate surface area is 111 Å². The van der Waals surface area contributed by atoms with Crippen molar-refractivity contribution in [2.24, 2.45) is 5.92 Å². The van der Waals surface area contributed by atoms with Gasteiger partial charge in [0.25, 0.3) is 0 Å². The first-order chi connectivity index (χ1) is 7.66. The van der Waals surface area contributed by atoms with Gasteiger partial charge in [-0.15, -0.1) is 11.3 Å². The van der Waals surface area contributed by atoms with Crippen LogP contribution in [0.5, 0.6) is 0 Å². The summed E-state index contributed by atoms with van der Waals surface area (Å²) in [5, 5.41) is 5.93. The highest BCUT2D eigenvalue weighted by Crippen LogP contribution is 2.31. The molecule has 1 heterocycles. The zero-order chi connectivity index (χ0) is 11.5. The summed E-state index contributed by atoms with van der Waals surface area (Å²) in [4.78, 5) is 1.43. The third kappa shape index (κ3) is 3.08. The van der Waals surface area contributed by atoms with Crippen molar-refractivity contribution >= 4 is 27.3 Å². The summed E-state index contributed by atoms with van der Waals surface area (Å²) in [5.74, 6) is 0.894. The fraction of sp³-hybridized carbons (Fsp3) is 0.692. The minimum absolute atomic E-state index is 0.477. The quantitative estimate of drug-likeness (QED) is 0.850. The molecule has 0 spiro atoms. The van der Waals surface area contributed by atoms with Crippen molar-refractivity contribution in [2.45, 2.75) is 51.6 Å². The summed E-state index contributed by atoms with van der Waals surface area (Å²) < 4.78 is 1.25. The molecule has 0 aromatic carbocycles. The molecule has 0 saturated heterocycles. The predicted molar refractivity (Wildman–Crippen MR) is 75.0 cm³/mol. The SMILES string of the molecule is CC1CCCC(NC(C)c2sccc2Br)C1. The van der Waals surface area contributed by atoms with Gasteiger partial charge in [-0.1, -0.05) is 19.8 Å². The van der Waals surface area contributed by atoms with Gasteiger partial charge in [0.1, 0.15) is 0 Å². The molecule has 0 aliphatic heterocycles. The Bertz CT molecular complexity index is 336. The molecular weight excluding hydrogens is 282 g/mol. The molecule has 1 saturated carbocycles. The van der Waals surface area contributed by atoms with Crippen LogP contribution in [0.4, 0.5) is 0 Å². The van der Waals surface area contributed by atoms with Crippen molar-refractivity contribution in [1.82, 2.24) is 5.32 Å². The van der Waals surface area contributed by atoms with Crippen LogP contribution in [0.15, 0.2) is 15.9 Å². The van der Waals surface area contributed by atoms with Crippen molar-refractivity contribution < 1.29 is 0 Å². The van der Waals surface area contributed by atoms with Crippen molar-refractivity contribution in [3.8, 4) is 0 Å². The third-order valence-electron chi connectivity index (χ3n) is 3.46. The predicted octanol–water partition coefficient (Wildman–Crippen LogP) is 4.74. The van der Waals surface area contributed by atoms with Gasteiger partial charge in [0.2, 0.25) is 0 Å². The Morgan fingerprint density at radius 1 is 1.50 bits per heavy atom. The van der Waals surface area contributed by atoms with E-state index in [9.17, 15) is 0 Å². The standard InChI is InChI=1S/C13H20BrNS/c1-9-4-3-5-11(8-9)15-10(2)13-12(14)6-7-16-13/h6-7,9-11,15H,3-5,8H2,1-2H3. The van der Waals surface area contributed by atoms with Crippen LogP contribution < -0.4 is 5.32 Å². The van der Waals surface area contributed by atoms with E-state index in [4.69, 9.17) is 0 Å². The molecule has 1 aromatic rings.